The van der Waals surface area contributed by atoms with E-state index in [9.17, 15) is 0 Å². The number of aromatic nitrogens is 1. The third-order valence-corrected chi connectivity index (χ3v) is 7.54. The summed E-state index contributed by atoms with van der Waals surface area (Å²) in [4.78, 5) is 0. The Kier molecular flexibility index (Phi) is 4.88. The quantitative estimate of drug-likeness (QED) is 0.213. The maximum absolute atomic E-state index is 15.5. The summed E-state index contributed by atoms with van der Waals surface area (Å²) in [6.45, 7) is 6.12. The molecule has 0 saturated carbocycles. The first kappa shape index (κ1) is 20.7. The van der Waals surface area contributed by atoms with Crippen LogP contribution in [0.2, 0.25) is 0 Å². The number of halogens is 1. The second-order valence-corrected chi connectivity index (χ2v) is 11.2. The third kappa shape index (κ3) is 4.32. The predicted octanol–water partition coefficient (Wildman–Crippen LogP) is 9.46. The van der Waals surface area contributed by atoms with Gasteiger partial charge in [-0.15, -0.1) is 0 Å². The summed E-state index contributed by atoms with van der Waals surface area (Å²) in [5.74, 6) is -0.381. The van der Waals surface area contributed by atoms with Gasteiger partial charge in [-0.1, -0.05) is 81.4 Å². The highest BCUT2D eigenvalue weighted by molar-refractivity contribution is 6.13. The van der Waals surface area contributed by atoms with E-state index in [1.165, 1.54) is 17.7 Å². The summed E-state index contributed by atoms with van der Waals surface area (Å²) in [6.07, 6.45) is -0.0927. The second kappa shape index (κ2) is 9.20. The van der Waals surface area contributed by atoms with Crippen LogP contribution < -0.4 is 4.57 Å². The van der Waals surface area contributed by atoms with Gasteiger partial charge in [0.1, 0.15) is 25.4 Å². The van der Waals surface area contributed by atoms with Crippen LogP contribution in [-0.2, 0) is 12.5 Å². The molecule has 0 aliphatic carbocycles. The monoisotopic (exact) mass is 518 g/mol. The zero-order valence-electron chi connectivity index (χ0n) is 26.8. The maximum Gasteiger partial charge on any atom is 0.216 e. The van der Waals surface area contributed by atoms with Crippen LogP contribution in [0, 0.1) is 19.6 Å². The number of hydrogen-bond donors (Lipinski definition) is 0. The van der Waals surface area contributed by atoms with Gasteiger partial charge in [-0.3, -0.25) is 0 Å². The lowest BCUT2D eigenvalue weighted by atomic mass is 9.86. The molecule has 0 spiro atoms. The van der Waals surface area contributed by atoms with Gasteiger partial charge in [0.05, 0.1) is 11.1 Å². The molecule has 0 aliphatic rings. The lowest BCUT2D eigenvalue weighted by Gasteiger charge is -2.19. The molecule has 0 N–H and O–H groups in total. The topological polar surface area (TPSA) is 17.0 Å². The van der Waals surface area contributed by atoms with Crippen molar-refractivity contribution < 1.29 is 18.9 Å². The molecule has 0 atom stereocenters. The lowest BCUT2D eigenvalue weighted by Crippen LogP contribution is -2.31. The van der Waals surface area contributed by atoms with Crippen molar-refractivity contribution in [3.05, 3.63) is 114 Å². The summed E-state index contributed by atoms with van der Waals surface area (Å²) >= 11 is 0. The van der Waals surface area contributed by atoms with E-state index < -0.39 is 6.85 Å². The Labute approximate surface area is 235 Å². The van der Waals surface area contributed by atoms with E-state index in [1.807, 2.05) is 43.3 Å². The molecular weight excluding hydrogens is 481 g/mol. The SMILES string of the molecule is [2H]c1c(C([2H])([2H])[2H])ccc(-c2c(C)ccc3c2oc2c(-c4ccc(-c5ccc(C(C)(C)C)cc5)cc4)c(F)ccc23)[n+]1C. The number of fused-ring (bicyclic) bond motifs is 3. The highest BCUT2D eigenvalue weighted by atomic mass is 19.1. The molecule has 39 heavy (non-hydrogen) atoms. The molecule has 194 valence electrons. The summed E-state index contributed by atoms with van der Waals surface area (Å²) in [5.41, 5.74) is 7.82. The number of benzene rings is 4. The van der Waals surface area contributed by atoms with Gasteiger partial charge in [0, 0.05) is 26.5 Å². The van der Waals surface area contributed by atoms with Crippen molar-refractivity contribution in [1.82, 2.24) is 0 Å². The molecule has 2 heterocycles. The average Bonchev–Trinajstić information content (AvgIpc) is 3.32. The molecule has 2 nitrogen and oxygen atoms in total. The number of nitrogens with zero attached hydrogens (tertiary/aromatic N) is 1. The van der Waals surface area contributed by atoms with Gasteiger partial charge in [-0.05, 0) is 65.2 Å². The highest BCUT2D eigenvalue weighted by Gasteiger charge is 2.23. The van der Waals surface area contributed by atoms with E-state index in [0.29, 0.717) is 28.0 Å². The standard InChI is InChI=1S/C36H33FNO/c1-22-7-20-31(38(6)21-22)32-23(2)8-17-28-29-18-19-30(37)33(35(29)39-34(28)32)26-11-9-24(10-12-26)25-13-15-27(16-14-25)36(3,4)5/h7-21H,1-6H3/q+1/i1D3,21D. The largest absolute Gasteiger partial charge is 0.454 e. The van der Waals surface area contributed by atoms with Crippen molar-refractivity contribution in [2.45, 2.75) is 40.0 Å². The molecule has 0 radical (unpaired) electrons. The van der Waals surface area contributed by atoms with Crippen molar-refractivity contribution in [1.29, 1.82) is 0 Å². The molecule has 4 aromatic carbocycles. The van der Waals surface area contributed by atoms with E-state index in [4.69, 9.17) is 9.90 Å². The molecule has 2 aromatic heterocycles. The minimum Gasteiger partial charge on any atom is -0.454 e. The molecule has 6 rings (SSSR count). The van der Waals surface area contributed by atoms with Crippen LogP contribution in [0.5, 0.6) is 0 Å². The van der Waals surface area contributed by atoms with Crippen molar-refractivity contribution in [3.63, 3.8) is 0 Å². The van der Waals surface area contributed by atoms with Gasteiger partial charge < -0.3 is 4.42 Å². The fraction of sp³-hybridized carbons (Fsp3) is 0.194. The molecule has 3 heteroatoms. The first-order valence-electron chi connectivity index (χ1n) is 15.1. The van der Waals surface area contributed by atoms with Crippen molar-refractivity contribution in [3.8, 4) is 33.5 Å². The zero-order chi connectivity index (χ0) is 30.8. The molecule has 6 aromatic rings. The van der Waals surface area contributed by atoms with Crippen molar-refractivity contribution in [2.24, 2.45) is 7.05 Å². The van der Waals surface area contributed by atoms with Gasteiger partial charge in [-0.25, -0.2) is 8.96 Å². The van der Waals surface area contributed by atoms with Crippen LogP contribution in [0.4, 0.5) is 4.39 Å². The Hall–Kier alpha value is -4.24. The first-order chi connectivity index (χ1) is 20.3. The zero-order valence-corrected chi connectivity index (χ0v) is 22.8. The van der Waals surface area contributed by atoms with Crippen LogP contribution in [0.3, 0.4) is 0 Å². The highest BCUT2D eigenvalue weighted by Crippen LogP contribution is 2.42. The van der Waals surface area contributed by atoms with Crippen LogP contribution in [0.1, 0.15) is 42.9 Å². The smallest absolute Gasteiger partial charge is 0.216 e. The minimum absolute atomic E-state index is 0.0221. The fourth-order valence-electron chi connectivity index (χ4n) is 5.36. The summed E-state index contributed by atoms with van der Waals surface area (Å²) < 4.78 is 55.5. The molecule has 0 bridgehead atoms. The van der Waals surface area contributed by atoms with Gasteiger partial charge in [-0.2, -0.15) is 0 Å². The van der Waals surface area contributed by atoms with Crippen LogP contribution in [0.25, 0.3) is 55.4 Å². The Morgan fingerprint density at radius 1 is 0.744 bits per heavy atom. The molecule has 0 saturated heterocycles. The van der Waals surface area contributed by atoms with Gasteiger partial charge in [0.15, 0.2) is 6.17 Å². The molecule has 0 unspecified atom stereocenters. The lowest BCUT2D eigenvalue weighted by molar-refractivity contribution is -0.660. The maximum atomic E-state index is 15.5. The number of aryl methyl sites for hydroxylation is 2. The van der Waals surface area contributed by atoms with E-state index in [0.717, 1.165) is 33.0 Å². The van der Waals surface area contributed by atoms with Gasteiger partial charge in [0.2, 0.25) is 5.69 Å². The molecule has 0 amide bonds. The second-order valence-electron chi connectivity index (χ2n) is 11.2. The van der Waals surface area contributed by atoms with Crippen LogP contribution >= 0.6 is 0 Å². The number of rotatable bonds is 3. The number of pyridine rings is 1. The van der Waals surface area contributed by atoms with E-state index in [-0.39, 0.29) is 23.0 Å². The average molecular weight is 519 g/mol. The normalized spacial score (nSPS) is 13.8. The Balaban J connectivity index is 1.49. The van der Waals surface area contributed by atoms with Gasteiger partial charge in [0.25, 0.3) is 0 Å². The van der Waals surface area contributed by atoms with E-state index >= 15 is 4.39 Å². The van der Waals surface area contributed by atoms with Gasteiger partial charge >= 0.3 is 0 Å². The van der Waals surface area contributed by atoms with Crippen molar-refractivity contribution >= 4 is 21.9 Å². The molecular formula is C36H33FNO+. The number of furan rings is 1. The van der Waals surface area contributed by atoms with E-state index in [2.05, 4.69) is 45.0 Å². The summed E-state index contributed by atoms with van der Waals surface area (Å²) in [7, 11) is 1.68. The Bertz CT molecular complexity index is 2020. The minimum atomic E-state index is -2.40. The predicted molar refractivity (Wildman–Crippen MR) is 159 cm³/mol. The van der Waals surface area contributed by atoms with Crippen molar-refractivity contribution in [2.75, 3.05) is 0 Å². The van der Waals surface area contributed by atoms with Crippen LogP contribution in [0.15, 0.2) is 95.5 Å². The Morgan fingerprint density at radius 2 is 1.33 bits per heavy atom. The fourth-order valence-corrected chi connectivity index (χ4v) is 5.36. The van der Waals surface area contributed by atoms with Crippen LogP contribution in [-0.4, -0.2) is 0 Å². The number of hydrogen-bond acceptors (Lipinski definition) is 1. The Morgan fingerprint density at radius 3 is 1.97 bits per heavy atom. The summed E-state index contributed by atoms with van der Waals surface area (Å²) in [5, 5.41) is 1.60. The summed E-state index contributed by atoms with van der Waals surface area (Å²) in [6, 6.07) is 26.7. The molecule has 0 aliphatic heterocycles. The van der Waals surface area contributed by atoms with E-state index in [1.54, 1.807) is 23.7 Å². The third-order valence-electron chi connectivity index (χ3n) is 7.54. The molecule has 0 fully saturated rings. The first-order valence-corrected chi connectivity index (χ1v) is 13.1.